The minimum Gasteiger partial charge on any atom is -0.259 e. The van der Waals surface area contributed by atoms with Crippen molar-refractivity contribution in [1.82, 2.24) is 0 Å². The average molecular weight is 308 g/mol. The van der Waals surface area contributed by atoms with Gasteiger partial charge in [-0.15, -0.1) is 0 Å². The zero-order valence-corrected chi connectivity index (χ0v) is 12.0. The van der Waals surface area contributed by atoms with Crippen molar-refractivity contribution >= 4 is 22.4 Å². The number of rotatable bonds is 4. The van der Waals surface area contributed by atoms with E-state index in [-0.39, 0.29) is 11.3 Å². The summed E-state index contributed by atoms with van der Waals surface area (Å²) in [4.78, 5) is 0. The van der Waals surface area contributed by atoms with Gasteiger partial charge in [-0.2, -0.15) is 5.26 Å². The fourth-order valence-corrected chi connectivity index (χ4v) is 3.35. The Bertz CT molecular complexity index is 697. The van der Waals surface area contributed by atoms with Crippen molar-refractivity contribution in [3.8, 4) is 6.07 Å². The molecule has 0 bridgehead atoms. The molecule has 0 amide bonds. The first-order valence-electron chi connectivity index (χ1n) is 5.86. The molecule has 0 heterocycles. The van der Waals surface area contributed by atoms with E-state index in [4.69, 9.17) is 16.9 Å². The Kier molecular flexibility index (Phi) is 4.89. The molecule has 0 aliphatic carbocycles. The lowest BCUT2D eigenvalue weighted by molar-refractivity contribution is 0.625. The molecule has 0 radical (unpaired) electrons. The topological polar surface area (TPSA) is 40.9 Å². The number of benzene rings is 2. The molecule has 102 valence electrons. The van der Waals surface area contributed by atoms with E-state index in [9.17, 15) is 8.60 Å². The van der Waals surface area contributed by atoms with Crippen LogP contribution in [0.25, 0.3) is 0 Å². The van der Waals surface area contributed by atoms with Crippen molar-refractivity contribution in [2.45, 2.75) is 11.5 Å². The fraction of sp³-hybridized carbons (Fsp3) is 0.133. The van der Waals surface area contributed by atoms with Crippen LogP contribution in [0.2, 0.25) is 5.02 Å². The molecule has 20 heavy (non-hydrogen) atoms. The van der Waals surface area contributed by atoms with Gasteiger partial charge in [0, 0.05) is 21.6 Å². The van der Waals surface area contributed by atoms with Crippen LogP contribution in [-0.4, -0.2) is 4.21 Å². The van der Waals surface area contributed by atoms with Gasteiger partial charge in [-0.1, -0.05) is 29.8 Å². The Balaban J connectivity index is 2.11. The lowest BCUT2D eigenvalue weighted by Gasteiger charge is -2.05. The Morgan fingerprint density at radius 1 is 1.20 bits per heavy atom. The molecular formula is C15H11ClFNOS. The van der Waals surface area contributed by atoms with Crippen LogP contribution in [0, 0.1) is 17.1 Å². The highest BCUT2D eigenvalue weighted by Gasteiger charge is 2.08. The van der Waals surface area contributed by atoms with Gasteiger partial charge >= 0.3 is 0 Å². The lowest BCUT2D eigenvalue weighted by Crippen LogP contribution is -2.01. The van der Waals surface area contributed by atoms with E-state index >= 15 is 0 Å². The minimum atomic E-state index is -1.21. The molecule has 0 N–H and O–H groups in total. The third kappa shape index (κ3) is 3.89. The molecule has 0 aliphatic heterocycles. The third-order valence-corrected chi connectivity index (χ3v) is 4.35. The van der Waals surface area contributed by atoms with Crippen LogP contribution >= 0.6 is 11.6 Å². The summed E-state index contributed by atoms with van der Waals surface area (Å²) in [5.74, 6) is 0.00391. The first-order valence-corrected chi connectivity index (χ1v) is 7.73. The van der Waals surface area contributed by atoms with Crippen LogP contribution in [0.15, 0.2) is 42.5 Å². The fourth-order valence-electron chi connectivity index (χ4n) is 1.82. The van der Waals surface area contributed by atoms with Gasteiger partial charge in [-0.05, 0) is 35.4 Å². The van der Waals surface area contributed by atoms with Crippen molar-refractivity contribution in [3.05, 3.63) is 70.0 Å². The Labute approximate surface area is 124 Å². The molecular weight excluding hydrogens is 297 g/mol. The second-order valence-electron chi connectivity index (χ2n) is 4.28. The van der Waals surface area contributed by atoms with Crippen LogP contribution < -0.4 is 0 Å². The van der Waals surface area contributed by atoms with Gasteiger partial charge < -0.3 is 0 Å². The SMILES string of the molecule is N#Cc1cc(F)cc(CS(=O)Cc2ccccc2Cl)c1. The van der Waals surface area contributed by atoms with E-state index in [0.29, 0.717) is 16.3 Å². The van der Waals surface area contributed by atoms with E-state index in [1.54, 1.807) is 18.2 Å². The molecule has 5 heteroatoms. The van der Waals surface area contributed by atoms with Crippen LogP contribution in [-0.2, 0) is 22.3 Å². The van der Waals surface area contributed by atoms with Gasteiger partial charge in [0.15, 0.2) is 0 Å². The highest BCUT2D eigenvalue weighted by atomic mass is 35.5. The number of nitrogens with zero attached hydrogens (tertiary/aromatic N) is 1. The summed E-state index contributed by atoms with van der Waals surface area (Å²) >= 11 is 6.01. The predicted octanol–water partition coefficient (Wildman–Crippen LogP) is 3.80. The summed E-state index contributed by atoms with van der Waals surface area (Å²) in [7, 11) is -1.21. The normalized spacial score (nSPS) is 11.8. The standard InChI is InChI=1S/C15H11ClFNOS/c16-15-4-2-1-3-13(15)10-20(19)9-12-5-11(8-18)6-14(17)7-12/h1-7H,9-10H2. The lowest BCUT2D eigenvalue weighted by atomic mass is 10.1. The van der Waals surface area contributed by atoms with Crippen molar-refractivity contribution in [2.24, 2.45) is 0 Å². The largest absolute Gasteiger partial charge is 0.259 e. The van der Waals surface area contributed by atoms with E-state index in [1.165, 1.54) is 6.07 Å². The van der Waals surface area contributed by atoms with E-state index in [0.717, 1.165) is 11.6 Å². The van der Waals surface area contributed by atoms with E-state index in [1.807, 2.05) is 18.2 Å². The van der Waals surface area contributed by atoms with E-state index in [2.05, 4.69) is 0 Å². The summed E-state index contributed by atoms with van der Waals surface area (Å²) < 4.78 is 25.4. The first-order chi connectivity index (χ1) is 9.58. The molecule has 2 aromatic rings. The van der Waals surface area contributed by atoms with Gasteiger partial charge in [-0.3, -0.25) is 4.21 Å². The molecule has 2 nitrogen and oxygen atoms in total. The molecule has 2 aromatic carbocycles. The second kappa shape index (κ2) is 6.65. The predicted molar refractivity (Wildman–Crippen MR) is 78.1 cm³/mol. The molecule has 0 spiro atoms. The van der Waals surface area contributed by atoms with Crippen molar-refractivity contribution in [1.29, 1.82) is 5.26 Å². The number of hydrogen-bond acceptors (Lipinski definition) is 2. The van der Waals surface area contributed by atoms with Gasteiger partial charge in [-0.25, -0.2) is 4.39 Å². The summed E-state index contributed by atoms with van der Waals surface area (Å²) in [5.41, 5.74) is 1.58. The zero-order chi connectivity index (χ0) is 14.5. The Morgan fingerprint density at radius 3 is 2.65 bits per heavy atom. The van der Waals surface area contributed by atoms with Gasteiger partial charge in [0.05, 0.1) is 17.4 Å². The van der Waals surface area contributed by atoms with Gasteiger partial charge in [0.25, 0.3) is 0 Å². The summed E-state index contributed by atoms with van der Waals surface area (Å²) in [5, 5.41) is 9.35. The summed E-state index contributed by atoms with van der Waals surface area (Å²) in [6.45, 7) is 0. The molecule has 0 aromatic heterocycles. The Morgan fingerprint density at radius 2 is 1.95 bits per heavy atom. The Hall–Kier alpha value is -1.70. The number of halogens is 2. The highest BCUT2D eigenvalue weighted by molar-refractivity contribution is 7.83. The minimum absolute atomic E-state index is 0.192. The quantitative estimate of drug-likeness (QED) is 0.862. The molecule has 0 aliphatic rings. The molecule has 0 fully saturated rings. The number of nitriles is 1. The van der Waals surface area contributed by atoms with Gasteiger partial charge in [0.1, 0.15) is 5.82 Å². The van der Waals surface area contributed by atoms with Crippen LogP contribution in [0.3, 0.4) is 0 Å². The maximum atomic E-state index is 13.3. The first kappa shape index (κ1) is 14.7. The van der Waals surface area contributed by atoms with Crippen LogP contribution in [0.1, 0.15) is 16.7 Å². The summed E-state index contributed by atoms with van der Waals surface area (Å²) in [6.07, 6.45) is 0. The van der Waals surface area contributed by atoms with E-state index < -0.39 is 16.6 Å². The monoisotopic (exact) mass is 307 g/mol. The maximum absolute atomic E-state index is 13.3. The summed E-state index contributed by atoms with van der Waals surface area (Å²) in [6, 6.07) is 13.1. The van der Waals surface area contributed by atoms with Crippen molar-refractivity contribution in [3.63, 3.8) is 0 Å². The molecule has 1 unspecified atom stereocenters. The molecule has 1 atom stereocenters. The molecule has 0 saturated heterocycles. The molecule has 2 rings (SSSR count). The third-order valence-electron chi connectivity index (χ3n) is 2.69. The van der Waals surface area contributed by atoms with Crippen LogP contribution in [0.5, 0.6) is 0 Å². The van der Waals surface area contributed by atoms with Crippen molar-refractivity contribution in [2.75, 3.05) is 0 Å². The number of hydrogen-bond donors (Lipinski definition) is 0. The average Bonchev–Trinajstić information content (AvgIpc) is 2.40. The van der Waals surface area contributed by atoms with Gasteiger partial charge in [0.2, 0.25) is 0 Å². The highest BCUT2D eigenvalue weighted by Crippen LogP contribution is 2.18. The smallest absolute Gasteiger partial charge is 0.124 e. The molecule has 0 saturated carbocycles. The maximum Gasteiger partial charge on any atom is 0.124 e. The second-order valence-corrected chi connectivity index (χ2v) is 6.14. The zero-order valence-electron chi connectivity index (χ0n) is 10.5. The van der Waals surface area contributed by atoms with Crippen molar-refractivity contribution < 1.29 is 8.60 Å². The van der Waals surface area contributed by atoms with Crippen LogP contribution in [0.4, 0.5) is 4.39 Å².